The molecule has 11 heteroatoms. The third-order valence-corrected chi connectivity index (χ3v) is 4.38. The Morgan fingerprint density at radius 2 is 1.79 bits per heavy atom. The Hall–Kier alpha value is -2.41. The summed E-state index contributed by atoms with van der Waals surface area (Å²) in [5.74, 6) is -1.17. The largest absolute Gasteiger partial charge is 0.494 e. The molecule has 0 bridgehead atoms. The average Bonchev–Trinajstić information content (AvgIpc) is 2.57. The number of benzene rings is 1. The van der Waals surface area contributed by atoms with Gasteiger partial charge in [0.2, 0.25) is 0 Å². The highest BCUT2D eigenvalue weighted by Gasteiger charge is 2.59. The summed E-state index contributed by atoms with van der Waals surface area (Å²) in [5, 5.41) is 10.1. The number of carbonyl (C=O) groups excluding carboxylic acids is 1. The Bertz CT molecular complexity index is 811. The lowest BCUT2D eigenvalue weighted by Gasteiger charge is -2.39. The van der Waals surface area contributed by atoms with E-state index in [1.165, 1.54) is 6.07 Å². The van der Waals surface area contributed by atoms with Gasteiger partial charge in [-0.2, -0.15) is 31.6 Å². The Morgan fingerprint density at radius 3 is 2.25 bits per heavy atom. The molecule has 28 heavy (non-hydrogen) atoms. The van der Waals surface area contributed by atoms with Crippen molar-refractivity contribution in [2.75, 3.05) is 6.61 Å². The van der Waals surface area contributed by atoms with Gasteiger partial charge in [-0.1, -0.05) is 23.7 Å². The SMILES string of the molecule is N#CC1=C(Cl)C[C@](c2ccc(OCCCC(F)(F)F)cc2)(C(F)(F)F)NC1=O. The van der Waals surface area contributed by atoms with Gasteiger partial charge in [0.25, 0.3) is 5.91 Å². The zero-order chi connectivity index (χ0) is 21.2. The summed E-state index contributed by atoms with van der Waals surface area (Å²) in [6, 6.07) is 5.84. The highest BCUT2D eigenvalue weighted by atomic mass is 35.5. The third-order valence-electron chi connectivity index (χ3n) is 4.06. The van der Waals surface area contributed by atoms with E-state index in [4.69, 9.17) is 21.6 Å². The van der Waals surface area contributed by atoms with Crippen LogP contribution in [-0.4, -0.2) is 24.9 Å². The second-order valence-corrected chi connectivity index (χ2v) is 6.47. The molecule has 0 aromatic heterocycles. The summed E-state index contributed by atoms with van der Waals surface area (Å²) in [5.41, 5.74) is -3.78. The van der Waals surface area contributed by atoms with Crippen molar-refractivity contribution < 1.29 is 35.9 Å². The summed E-state index contributed by atoms with van der Waals surface area (Å²) in [4.78, 5) is 11.9. The quantitative estimate of drug-likeness (QED) is 0.548. The number of hydrogen-bond donors (Lipinski definition) is 1. The normalized spacial score (nSPS) is 20.6. The van der Waals surface area contributed by atoms with E-state index in [1.807, 2.05) is 5.32 Å². The van der Waals surface area contributed by atoms with Crippen LogP contribution in [0.4, 0.5) is 26.3 Å². The Kier molecular flexibility index (Phi) is 6.18. The highest BCUT2D eigenvalue weighted by Crippen LogP contribution is 2.47. The molecule has 1 N–H and O–H groups in total. The smallest absolute Gasteiger partial charge is 0.416 e. The second-order valence-electron chi connectivity index (χ2n) is 6.02. The number of amides is 1. The summed E-state index contributed by atoms with van der Waals surface area (Å²) >= 11 is 5.75. The van der Waals surface area contributed by atoms with Gasteiger partial charge >= 0.3 is 12.4 Å². The van der Waals surface area contributed by atoms with E-state index in [-0.39, 0.29) is 24.3 Å². The zero-order valence-electron chi connectivity index (χ0n) is 14.0. The van der Waals surface area contributed by atoms with Gasteiger partial charge in [0.1, 0.15) is 17.4 Å². The minimum Gasteiger partial charge on any atom is -0.494 e. The lowest BCUT2D eigenvalue weighted by atomic mass is 9.82. The molecule has 0 radical (unpaired) electrons. The predicted octanol–water partition coefficient (Wildman–Crippen LogP) is 4.70. The number of halogens is 7. The van der Waals surface area contributed by atoms with Crippen molar-refractivity contribution in [3.8, 4) is 11.8 Å². The van der Waals surface area contributed by atoms with Crippen molar-refractivity contribution >= 4 is 17.5 Å². The fourth-order valence-electron chi connectivity index (χ4n) is 2.66. The first-order chi connectivity index (χ1) is 12.9. The first kappa shape index (κ1) is 21.9. The van der Waals surface area contributed by atoms with Gasteiger partial charge in [-0.3, -0.25) is 4.79 Å². The highest BCUT2D eigenvalue weighted by molar-refractivity contribution is 6.33. The number of ether oxygens (including phenoxy) is 1. The molecule has 1 aliphatic rings. The van der Waals surface area contributed by atoms with Crippen LogP contribution in [0.1, 0.15) is 24.8 Å². The first-order valence-corrected chi connectivity index (χ1v) is 8.25. The molecule has 1 atom stereocenters. The average molecular weight is 427 g/mol. The summed E-state index contributed by atoms with van der Waals surface area (Å²) < 4.78 is 82.7. The van der Waals surface area contributed by atoms with Crippen LogP contribution in [0.3, 0.4) is 0 Å². The molecule has 0 saturated heterocycles. The molecule has 0 unspecified atom stereocenters. The van der Waals surface area contributed by atoms with Crippen LogP contribution >= 0.6 is 11.6 Å². The molecular formula is C17H13ClF6N2O2. The van der Waals surface area contributed by atoms with Crippen molar-refractivity contribution in [1.29, 1.82) is 5.26 Å². The molecule has 152 valence electrons. The number of nitriles is 1. The topological polar surface area (TPSA) is 62.1 Å². The van der Waals surface area contributed by atoms with E-state index >= 15 is 0 Å². The van der Waals surface area contributed by atoms with Crippen LogP contribution in [0.15, 0.2) is 34.9 Å². The first-order valence-electron chi connectivity index (χ1n) is 7.88. The Labute approximate surface area is 160 Å². The summed E-state index contributed by atoms with van der Waals surface area (Å²) in [7, 11) is 0. The van der Waals surface area contributed by atoms with Crippen LogP contribution in [0, 0.1) is 11.3 Å². The molecular weight excluding hydrogens is 414 g/mol. The molecule has 1 heterocycles. The summed E-state index contributed by atoms with van der Waals surface area (Å²) in [6.07, 6.45) is -11.5. The fraction of sp³-hybridized carbons (Fsp3) is 0.412. The maximum atomic E-state index is 13.8. The van der Waals surface area contributed by atoms with E-state index in [1.54, 1.807) is 0 Å². The maximum Gasteiger partial charge on any atom is 0.416 e. The van der Waals surface area contributed by atoms with Crippen molar-refractivity contribution in [3.63, 3.8) is 0 Å². The van der Waals surface area contributed by atoms with Gasteiger partial charge in [-0.25, -0.2) is 0 Å². The van der Waals surface area contributed by atoms with Gasteiger partial charge in [0.05, 0.1) is 6.61 Å². The van der Waals surface area contributed by atoms with Gasteiger partial charge in [0.15, 0.2) is 5.54 Å². The molecule has 0 aliphatic carbocycles. The zero-order valence-corrected chi connectivity index (χ0v) is 14.8. The van der Waals surface area contributed by atoms with E-state index in [2.05, 4.69) is 0 Å². The van der Waals surface area contributed by atoms with E-state index < -0.39 is 47.2 Å². The maximum absolute atomic E-state index is 13.8. The monoisotopic (exact) mass is 426 g/mol. The van der Waals surface area contributed by atoms with Crippen LogP contribution in [-0.2, 0) is 10.3 Å². The van der Waals surface area contributed by atoms with Crippen LogP contribution < -0.4 is 10.1 Å². The lowest BCUT2D eigenvalue weighted by molar-refractivity contribution is -0.202. The van der Waals surface area contributed by atoms with Gasteiger partial charge in [-0.15, -0.1) is 0 Å². The fourth-order valence-corrected chi connectivity index (χ4v) is 2.99. The van der Waals surface area contributed by atoms with Crippen molar-refractivity contribution in [1.82, 2.24) is 5.32 Å². The molecule has 0 spiro atoms. The molecule has 0 fully saturated rings. The number of nitrogens with zero attached hydrogens (tertiary/aromatic N) is 1. The van der Waals surface area contributed by atoms with Gasteiger partial charge in [-0.05, 0) is 24.1 Å². The molecule has 4 nitrogen and oxygen atoms in total. The minimum absolute atomic E-state index is 0.0738. The molecule has 0 saturated carbocycles. The lowest BCUT2D eigenvalue weighted by Crippen LogP contribution is -2.58. The number of carbonyl (C=O) groups is 1. The van der Waals surface area contributed by atoms with E-state index in [0.29, 0.717) is 0 Å². The van der Waals surface area contributed by atoms with Crippen molar-refractivity contribution in [2.24, 2.45) is 0 Å². The molecule has 1 amide bonds. The van der Waals surface area contributed by atoms with E-state index in [9.17, 15) is 31.1 Å². The molecule has 1 aromatic carbocycles. The van der Waals surface area contributed by atoms with Crippen molar-refractivity contribution in [2.45, 2.75) is 37.2 Å². The number of hydrogen-bond acceptors (Lipinski definition) is 3. The number of nitrogens with one attached hydrogen (secondary N) is 1. The van der Waals surface area contributed by atoms with Crippen molar-refractivity contribution in [3.05, 3.63) is 40.4 Å². The van der Waals surface area contributed by atoms with Gasteiger partial charge in [0, 0.05) is 17.9 Å². The van der Waals surface area contributed by atoms with Crippen LogP contribution in [0.25, 0.3) is 0 Å². The van der Waals surface area contributed by atoms with Crippen LogP contribution in [0.5, 0.6) is 5.75 Å². The number of alkyl halides is 6. The molecule has 1 aromatic rings. The molecule has 2 rings (SSSR count). The Morgan fingerprint density at radius 1 is 1.18 bits per heavy atom. The van der Waals surface area contributed by atoms with Crippen LogP contribution in [0.2, 0.25) is 0 Å². The Balaban J connectivity index is 2.22. The van der Waals surface area contributed by atoms with E-state index in [0.717, 1.165) is 24.3 Å². The second kappa shape index (κ2) is 7.91. The number of rotatable bonds is 5. The van der Waals surface area contributed by atoms with Gasteiger partial charge < -0.3 is 10.1 Å². The predicted molar refractivity (Wildman–Crippen MR) is 86.2 cm³/mol. The standard InChI is InChI=1S/C17H13ClF6N2O2/c18-13-8-15(17(22,23)24,26-14(27)12(13)9-25)10-2-4-11(5-3-10)28-7-1-6-16(19,20)21/h2-5H,1,6-8H2,(H,26,27)/t15-/m0/s1. The summed E-state index contributed by atoms with van der Waals surface area (Å²) in [6.45, 7) is -0.264. The molecule has 1 aliphatic heterocycles. The third kappa shape index (κ3) is 4.70. The minimum atomic E-state index is -4.93.